The first-order chi connectivity index (χ1) is 7.09. The van der Waals surface area contributed by atoms with Gasteiger partial charge in [0.05, 0.1) is 11.1 Å². The number of amides is 1. The number of hydrogen-bond acceptors (Lipinski definition) is 2. The van der Waals surface area contributed by atoms with Crippen LogP contribution in [0.15, 0.2) is 18.2 Å². The van der Waals surface area contributed by atoms with Crippen LogP contribution in [0.1, 0.15) is 6.42 Å². The molecule has 2 rings (SSSR count). The van der Waals surface area contributed by atoms with Crippen molar-refractivity contribution in [2.24, 2.45) is 5.73 Å². The van der Waals surface area contributed by atoms with Crippen LogP contribution in [0.5, 0.6) is 0 Å². The average molecular weight is 229 g/mol. The minimum Gasteiger partial charge on any atom is -0.320 e. The summed E-state index contributed by atoms with van der Waals surface area (Å²) in [5, 5.41) is 0.0506. The van der Waals surface area contributed by atoms with E-state index in [1.54, 1.807) is 6.07 Å². The van der Waals surface area contributed by atoms with E-state index in [1.807, 2.05) is 0 Å². The zero-order chi connectivity index (χ0) is 11.0. The van der Waals surface area contributed by atoms with Gasteiger partial charge in [0.2, 0.25) is 5.91 Å². The molecule has 1 fully saturated rings. The fraction of sp³-hybridized carbons (Fsp3) is 0.300. The van der Waals surface area contributed by atoms with E-state index >= 15 is 0 Å². The minimum atomic E-state index is -0.526. The Hall–Kier alpha value is -1.13. The van der Waals surface area contributed by atoms with Gasteiger partial charge in [0, 0.05) is 12.2 Å². The fourth-order valence-corrected chi connectivity index (χ4v) is 1.73. The Labute approximate surface area is 91.6 Å². The normalized spacial score (nSPS) is 21.1. The van der Waals surface area contributed by atoms with E-state index < -0.39 is 11.9 Å². The van der Waals surface area contributed by atoms with Gasteiger partial charge in [-0.15, -0.1) is 0 Å². The summed E-state index contributed by atoms with van der Waals surface area (Å²) in [5.41, 5.74) is 6.07. The molecule has 1 saturated heterocycles. The molecule has 0 aromatic heterocycles. The van der Waals surface area contributed by atoms with Crippen molar-refractivity contribution in [3.63, 3.8) is 0 Å². The van der Waals surface area contributed by atoms with Crippen molar-refractivity contribution < 1.29 is 9.18 Å². The lowest BCUT2D eigenvalue weighted by atomic mass is 10.3. The van der Waals surface area contributed by atoms with Gasteiger partial charge in [-0.1, -0.05) is 11.6 Å². The first kappa shape index (κ1) is 10.4. The summed E-state index contributed by atoms with van der Waals surface area (Å²) >= 11 is 5.55. The Balaban J connectivity index is 2.31. The summed E-state index contributed by atoms with van der Waals surface area (Å²) < 4.78 is 13.2. The van der Waals surface area contributed by atoms with Crippen LogP contribution in [-0.4, -0.2) is 18.5 Å². The number of nitrogens with zero attached hydrogens (tertiary/aromatic N) is 1. The molecular weight excluding hydrogens is 219 g/mol. The van der Waals surface area contributed by atoms with Gasteiger partial charge >= 0.3 is 0 Å². The molecule has 1 aliphatic rings. The Morgan fingerprint density at radius 2 is 2.27 bits per heavy atom. The number of hydrogen-bond donors (Lipinski definition) is 1. The monoisotopic (exact) mass is 228 g/mol. The van der Waals surface area contributed by atoms with E-state index in [0.717, 1.165) is 0 Å². The van der Waals surface area contributed by atoms with Gasteiger partial charge in [-0.05, 0) is 24.6 Å². The standard InChI is InChI=1S/C10H10ClFN2O/c11-7-2-1-6(5-8(7)12)14-4-3-9(13)10(14)15/h1-2,5,9H,3-4,13H2/t9-/m0/s1. The van der Waals surface area contributed by atoms with Crippen LogP contribution in [0.25, 0.3) is 0 Å². The average Bonchev–Trinajstić information content (AvgIpc) is 2.53. The van der Waals surface area contributed by atoms with Gasteiger partial charge in [0.25, 0.3) is 0 Å². The summed E-state index contributed by atoms with van der Waals surface area (Å²) in [6.45, 7) is 0.529. The van der Waals surface area contributed by atoms with Gasteiger partial charge in [-0.2, -0.15) is 0 Å². The molecule has 1 amide bonds. The quantitative estimate of drug-likeness (QED) is 0.793. The predicted molar refractivity (Wildman–Crippen MR) is 56.4 cm³/mol. The number of benzene rings is 1. The number of halogens is 2. The maximum atomic E-state index is 13.2. The van der Waals surface area contributed by atoms with Gasteiger partial charge in [0.1, 0.15) is 5.82 Å². The zero-order valence-corrected chi connectivity index (χ0v) is 8.67. The van der Waals surface area contributed by atoms with E-state index in [4.69, 9.17) is 17.3 Å². The third-order valence-corrected chi connectivity index (χ3v) is 2.77. The molecule has 0 bridgehead atoms. The lowest BCUT2D eigenvalue weighted by Gasteiger charge is -2.16. The molecule has 1 aromatic rings. The maximum Gasteiger partial charge on any atom is 0.243 e. The molecule has 0 saturated carbocycles. The van der Waals surface area contributed by atoms with Crippen molar-refractivity contribution in [1.29, 1.82) is 0 Å². The van der Waals surface area contributed by atoms with Crippen LogP contribution < -0.4 is 10.6 Å². The first-order valence-electron chi connectivity index (χ1n) is 4.61. The third-order valence-electron chi connectivity index (χ3n) is 2.46. The fourth-order valence-electron chi connectivity index (χ4n) is 1.61. The molecule has 0 spiro atoms. The summed E-state index contributed by atoms with van der Waals surface area (Å²) in [6, 6.07) is 3.83. The topological polar surface area (TPSA) is 46.3 Å². The molecule has 5 heteroatoms. The van der Waals surface area contributed by atoms with E-state index in [-0.39, 0.29) is 10.9 Å². The van der Waals surface area contributed by atoms with E-state index in [9.17, 15) is 9.18 Å². The molecule has 3 nitrogen and oxygen atoms in total. The molecule has 0 unspecified atom stereocenters. The van der Waals surface area contributed by atoms with E-state index in [0.29, 0.717) is 18.7 Å². The Kier molecular flexibility index (Phi) is 2.63. The van der Waals surface area contributed by atoms with Gasteiger partial charge in [-0.25, -0.2) is 4.39 Å². The van der Waals surface area contributed by atoms with Crippen LogP contribution in [0.4, 0.5) is 10.1 Å². The second-order valence-corrected chi connectivity index (χ2v) is 3.89. The Morgan fingerprint density at radius 3 is 2.80 bits per heavy atom. The number of nitrogens with two attached hydrogens (primary N) is 1. The summed E-state index contributed by atoms with van der Waals surface area (Å²) in [6.07, 6.45) is 0.600. The highest BCUT2D eigenvalue weighted by Crippen LogP contribution is 2.25. The third kappa shape index (κ3) is 1.82. The maximum absolute atomic E-state index is 13.2. The van der Waals surface area contributed by atoms with Crippen LogP contribution in [-0.2, 0) is 4.79 Å². The molecule has 0 radical (unpaired) electrons. The van der Waals surface area contributed by atoms with E-state index in [1.165, 1.54) is 17.0 Å². The smallest absolute Gasteiger partial charge is 0.243 e. The van der Waals surface area contributed by atoms with Crippen molar-refractivity contribution in [2.45, 2.75) is 12.5 Å². The molecule has 1 heterocycles. The molecule has 1 aliphatic heterocycles. The highest BCUT2D eigenvalue weighted by molar-refractivity contribution is 6.30. The SMILES string of the molecule is N[C@H]1CCN(c2ccc(Cl)c(F)c2)C1=O. The van der Waals surface area contributed by atoms with Crippen molar-refractivity contribution >= 4 is 23.2 Å². The Bertz CT molecular complexity index is 410. The number of carbonyl (C=O) groups excluding carboxylic acids is 1. The van der Waals surface area contributed by atoms with Crippen LogP contribution in [0, 0.1) is 5.82 Å². The number of carbonyl (C=O) groups is 1. The van der Waals surface area contributed by atoms with Crippen LogP contribution in [0.3, 0.4) is 0 Å². The summed E-state index contributed by atoms with van der Waals surface area (Å²) in [4.78, 5) is 13.0. The molecule has 1 aromatic carbocycles. The van der Waals surface area contributed by atoms with Gasteiger partial charge in [-0.3, -0.25) is 4.79 Å². The molecule has 1 atom stereocenters. The van der Waals surface area contributed by atoms with Gasteiger partial charge < -0.3 is 10.6 Å². The van der Waals surface area contributed by atoms with Crippen molar-refractivity contribution in [2.75, 3.05) is 11.4 Å². The second kappa shape index (κ2) is 3.79. The summed E-state index contributed by atoms with van der Waals surface area (Å²) in [7, 11) is 0. The second-order valence-electron chi connectivity index (χ2n) is 3.48. The van der Waals surface area contributed by atoms with Crippen LogP contribution in [0.2, 0.25) is 5.02 Å². The number of anilines is 1. The summed E-state index contributed by atoms with van der Waals surface area (Å²) in [5.74, 6) is -0.695. The largest absolute Gasteiger partial charge is 0.320 e. The van der Waals surface area contributed by atoms with Crippen molar-refractivity contribution in [1.82, 2.24) is 0 Å². The van der Waals surface area contributed by atoms with Gasteiger partial charge in [0.15, 0.2) is 0 Å². The highest BCUT2D eigenvalue weighted by atomic mass is 35.5. The lowest BCUT2D eigenvalue weighted by molar-refractivity contribution is -0.118. The molecular formula is C10H10ClFN2O. The molecule has 0 aliphatic carbocycles. The van der Waals surface area contributed by atoms with Crippen molar-refractivity contribution in [3.8, 4) is 0 Å². The highest BCUT2D eigenvalue weighted by Gasteiger charge is 2.29. The van der Waals surface area contributed by atoms with E-state index in [2.05, 4.69) is 0 Å². The first-order valence-corrected chi connectivity index (χ1v) is 4.99. The Morgan fingerprint density at radius 1 is 1.53 bits per heavy atom. The molecule has 15 heavy (non-hydrogen) atoms. The molecule has 80 valence electrons. The lowest BCUT2D eigenvalue weighted by Crippen LogP contribution is -2.33. The predicted octanol–water partition coefficient (Wildman–Crippen LogP) is 1.54. The minimum absolute atomic E-state index is 0.0506. The zero-order valence-electron chi connectivity index (χ0n) is 7.91. The van der Waals surface area contributed by atoms with Crippen molar-refractivity contribution in [3.05, 3.63) is 29.0 Å². The number of rotatable bonds is 1. The molecule has 2 N–H and O–H groups in total. The van der Waals surface area contributed by atoms with Crippen LogP contribution >= 0.6 is 11.6 Å².